The minimum Gasteiger partial charge on any atom is -0.380 e. The van der Waals surface area contributed by atoms with Gasteiger partial charge in [0.25, 0.3) is 0 Å². The maximum absolute atomic E-state index is 5.45. The van der Waals surface area contributed by atoms with E-state index in [0.29, 0.717) is 0 Å². The minimum absolute atomic E-state index is 0.772. The van der Waals surface area contributed by atoms with Gasteiger partial charge in [0, 0.05) is 49.9 Å². The maximum Gasteiger partial charge on any atom is 0.0641 e. The molecule has 1 aromatic heterocycles. The summed E-state index contributed by atoms with van der Waals surface area (Å²) in [7, 11) is 0. The Morgan fingerprint density at radius 1 is 1.32 bits per heavy atom. The molecule has 4 heteroatoms. The highest BCUT2D eigenvalue weighted by molar-refractivity contribution is 5.52. The molecule has 0 radical (unpaired) electrons. The van der Waals surface area contributed by atoms with Crippen LogP contribution in [0.1, 0.15) is 32.8 Å². The van der Waals surface area contributed by atoms with E-state index in [-0.39, 0.29) is 0 Å². The van der Waals surface area contributed by atoms with Crippen LogP contribution in [-0.2, 0) is 11.3 Å². The summed E-state index contributed by atoms with van der Waals surface area (Å²) in [5.74, 6) is 0. The van der Waals surface area contributed by atoms with Crippen LogP contribution in [0.15, 0.2) is 18.5 Å². The van der Waals surface area contributed by atoms with E-state index in [2.05, 4.69) is 35.1 Å². The Morgan fingerprint density at radius 2 is 2.16 bits per heavy atom. The SMILES string of the molecule is CCCNCc1cnccc1N(CC)CCOCC. The van der Waals surface area contributed by atoms with Crippen molar-refractivity contribution in [3.05, 3.63) is 24.0 Å². The molecule has 1 rings (SSSR count). The van der Waals surface area contributed by atoms with Gasteiger partial charge < -0.3 is 15.0 Å². The van der Waals surface area contributed by atoms with E-state index in [4.69, 9.17) is 4.74 Å². The van der Waals surface area contributed by atoms with E-state index in [1.165, 1.54) is 11.3 Å². The van der Waals surface area contributed by atoms with Gasteiger partial charge in [-0.25, -0.2) is 0 Å². The molecule has 1 aromatic rings. The van der Waals surface area contributed by atoms with E-state index in [1.807, 2.05) is 19.3 Å². The van der Waals surface area contributed by atoms with Crippen molar-refractivity contribution in [2.24, 2.45) is 0 Å². The quantitative estimate of drug-likeness (QED) is 0.659. The number of nitrogens with one attached hydrogen (secondary N) is 1. The fraction of sp³-hybridized carbons (Fsp3) is 0.667. The predicted molar refractivity (Wildman–Crippen MR) is 80.6 cm³/mol. The molecule has 0 aliphatic heterocycles. The maximum atomic E-state index is 5.45. The molecule has 0 aliphatic carbocycles. The van der Waals surface area contributed by atoms with Crippen molar-refractivity contribution in [1.82, 2.24) is 10.3 Å². The molecule has 0 aromatic carbocycles. The molecule has 0 amide bonds. The summed E-state index contributed by atoms with van der Waals surface area (Å²) in [6.45, 7) is 11.8. The normalized spacial score (nSPS) is 10.7. The zero-order valence-corrected chi connectivity index (χ0v) is 12.5. The number of hydrogen-bond donors (Lipinski definition) is 1. The van der Waals surface area contributed by atoms with E-state index in [1.54, 1.807) is 0 Å². The van der Waals surface area contributed by atoms with Crippen molar-refractivity contribution in [3.63, 3.8) is 0 Å². The van der Waals surface area contributed by atoms with Crippen LogP contribution in [-0.4, -0.2) is 37.8 Å². The number of ether oxygens (including phenoxy) is 1. The van der Waals surface area contributed by atoms with Crippen LogP contribution < -0.4 is 10.2 Å². The summed E-state index contributed by atoms with van der Waals surface area (Å²) in [6.07, 6.45) is 4.97. The van der Waals surface area contributed by atoms with Crippen LogP contribution in [0.5, 0.6) is 0 Å². The molecule has 108 valence electrons. The van der Waals surface area contributed by atoms with Crippen LogP contribution >= 0.6 is 0 Å². The van der Waals surface area contributed by atoms with Gasteiger partial charge in [-0.05, 0) is 32.9 Å². The van der Waals surface area contributed by atoms with E-state index < -0.39 is 0 Å². The van der Waals surface area contributed by atoms with E-state index >= 15 is 0 Å². The minimum atomic E-state index is 0.772. The fourth-order valence-corrected chi connectivity index (χ4v) is 2.03. The van der Waals surface area contributed by atoms with Gasteiger partial charge in [-0.1, -0.05) is 6.92 Å². The summed E-state index contributed by atoms with van der Waals surface area (Å²) in [4.78, 5) is 6.59. The molecule has 1 N–H and O–H groups in total. The van der Waals surface area contributed by atoms with Crippen LogP contribution in [0.2, 0.25) is 0 Å². The van der Waals surface area contributed by atoms with E-state index in [0.717, 1.165) is 45.8 Å². The van der Waals surface area contributed by atoms with Crippen LogP contribution in [0.3, 0.4) is 0 Å². The number of rotatable bonds is 10. The third-order valence-electron chi connectivity index (χ3n) is 3.05. The Bertz CT molecular complexity index is 344. The first-order chi connectivity index (χ1) is 9.33. The molecule has 0 saturated carbocycles. The van der Waals surface area contributed by atoms with Gasteiger partial charge in [-0.3, -0.25) is 4.98 Å². The van der Waals surface area contributed by atoms with Crippen LogP contribution in [0.25, 0.3) is 0 Å². The first-order valence-corrected chi connectivity index (χ1v) is 7.29. The lowest BCUT2D eigenvalue weighted by Crippen LogP contribution is -2.29. The summed E-state index contributed by atoms with van der Waals surface area (Å²) in [5.41, 5.74) is 2.52. The number of anilines is 1. The van der Waals surface area contributed by atoms with Crippen molar-refractivity contribution in [2.75, 3.05) is 37.7 Å². The lowest BCUT2D eigenvalue weighted by molar-refractivity contribution is 0.154. The highest BCUT2D eigenvalue weighted by Gasteiger charge is 2.09. The molecule has 0 saturated heterocycles. The second-order valence-electron chi connectivity index (χ2n) is 4.46. The lowest BCUT2D eigenvalue weighted by atomic mass is 10.2. The Labute approximate surface area is 117 Å². The molecule has 0 atom stereocenters. The van der Waals surface area contributed by atoms with Crippen molar-refractivity contribution >= 4 is 5.69 Å². The lowest BCUT2D eigenvalue weighted by Gasteiger charge is -2.25. The molecule has 4 nitrogen and oxygen atoms in total. The van der Waals surface area contributed by atoms with Gasteiger partial charge >= 0.3 is 0 Å². The third kappa shape index (κ3) is 5.57. The van der Waals surface area contributed by atoms with Crippen LogP contribution in [0, 0.1) is 0 Å². The number of nitrogens with zero attached hydrogens (tertiary/aromatic N) is 2. The van der Waals surface area contributed by atoms with Crippen molar-refractivity contribution in [1.29, 1.82) is 0 Å². The highest BCUT2D eigenvalue weighted by atomic mass is 16.5. The summed E-state index contributed by atoms with van der Waals surface area (Å²) in [6, 6.07) is 2.10. The first-order valence-electron chi connectivity index (χ1n) is 7.29. The molecule has 0 aliphatic rings. The standard InChI is InChI=1S/C15H27N3O/c1-4-8-16-12-14-13-17-9-7-15(14)18(5-2)10-11-19-6-3/h7,9,13,16H,4-6,8,10-12H2,1-3H3. The molecule has 0 fully saturated rings. The average molecular weight is 265 g/mol. The number of hydrogen-bond acceptors (Lipinski definition) is 4. The zero-order valence-electron chi connectivity index (χ0n) is 12.5. The number of aromatic nitrogens is 1. The second kappa shape index (κ2) is 9.75. The monoisotopic (exact) mass is 265 g/mol. The number of likely N-dealkylation sites (N-methyl/N-ethyl adjacent to an activating group) is 1. The molecule has 19 heavy (non-hydrogen) atoms. The summed E-state index contributed by atoms with van der Waals surface area (Å²) < 4.78 is 5.45. The van der Waals surface area contributed by atoms with Gasteiger partial charge in [-0.2, -0.15) is 0 Å². The van der Waals surface area contributed by atoms with Crippen molar-refractivity contribution in [3.8, 4) is 0 Å². The molecule has 0 unspecified atom stereocenters. The average Bonchev–Trinajstić information content (AvgIpc) is 2.45. The fourth-order valence-electron chi connectivity index (χ4n) is 2.03. The van der Waals surface area contributed by atoms with Gasteiger partial charge in [0.1, 0.15) is 0 Å². The summed E-state index contributed by atoms with van der Waals surface area (Å²) >= 11 is 0. The van der Waals surface area contributed by atoms with Gasteiger partial charge in [-0.15, -0.1) is 0 Å². The van der Waals surface area contributed by atoms with E-state index in [9.17, 15) is 0 Å². The summed E-state index contributed by atoms with van der Waals surface area (Å²) in [5, 5.41) is 3.44. The Hall–Kier alpha value is -1.13. The largest absolute Gasteiger partial charge is 0.380 e. The molecular formula is C15H27N3O. The van der Waals surface area contributed by atoms with Crippen molar-refractivity contribution in [2.45, 2.75) is 33.7 Å². The molecular weight excluding hydrogens is 238 g/mol. The smallest absolute Gasteiger partial charge is 0.0641 e. The van der Waals surface area contributed by atoms with Gasteiger partial charge in [0.05, 0.1) is 6.61 Å². The Balaban J connectivity index is 2.66. The van der Waals surface area contributed by atoms with Gasteiger partial charge in [0.2, 0.25) is 0 Å². The molecule has 0 spiro atoms. The Kier molecular flexibility index (Phi) is 8.18. The Morgan fingerprint density at radius 3 is 2.84 bits per heavy atom. The van der Waals surface area contributed by atoms with Crippen LogP contribution in [0.4, 0.5) is 5.69 Å². The number of pyridine rings is 1. The third-order valence-corrected chi connectivity index (χ3v) is 3.05. The topological polar surface area (TPSA) is 37.4 Å². The zero-order chi connectivity index (χ0) is 13.9. The van der Waals surface area contributed by atoms with Crippen molar-refractivity contribution < 1.29 is 4.74 Å². The first kappa shape index (κ1) is 15.9. The molecule has 1 heterocycles. The molecule has 0 bridgehead atoms. The highest BCUT2D eigenvalue weighted by Crippen LogP contribution is 2.18. The second-order valence-corrected chi connectivity index (χ2v) is 4.46. The van der Waals surface area contributed by atoms with Gasteiger partial charge in [0.15, 0.2) is 0 Å². The predicted octanol–water partition coefficient (Wildman–Crippen LogP) is 2.44.